The van der Waals surface area contributed by atoms with Gasteiger partial charge in [-0.15, -0.1) is 0 Å². The van der Waals surface area contributed by atoms with Crippen molar-refractivity contribution >= 4 is 17.5 Å². The van der Waals surface area contributed by atoms with Gasteiger partial charge < -0.3 is 5.32 Å². The average molecular weight is 307 g/mol. The van der Waals surface area contributed by atoms with Crippen LogP contribution in [0.1, 0.15) is 56.1 Å². The Hall–Kier alpha value is -1.09. The Kier molecular flexibility index (Phi) is 3.32. The number of nitrogens with one attached hydrogen (secondary N) is 1. The number of pyridine rings is 1. The van der Waals surface area contributed by atoms with Crippen LogP contribution in [0.25, 0.3) is 0 Å². The van der Waals surface area contributed by atoms with E-state index in [9.17, 15) is 4.79 Å². The topological polar surface area (TPSA) is 42.0 Å². The number of carbonyl (C=O) groups is 1. The van der Waals surface area contributed by atoms with E-state index >= 15 is 0 Å². The molecule has 0 aliphatic heterocycles. The normalized spacial score (nSPS) is 33.2. The molecule has 2 bridgehead atoms. The Morgan fingerprint density at radius 2 is 2.10 bits per heavy atom. The van der Waals surface area contributed by atoms with Gasteiger partial charge in [-0.05, 0) is 55.1 Å². The smallest absolute Gasteiger partial charge is 0.251 e. The minimum atomic E-state index is -0.0306. The Balaban J connectivity index is 1.80. The number of rotatable bonds is 2. The highest BCUT2D eigenvalue weighted by Gasteiger charge is 2.61. The Morgan fingerprint density at radius 3 is 2.62 bits per heavy atom. The summed E-state index contributed by atoms with van der Waals surface area (Å²) in [6.07, 6.45) is 3.58. The Morgan fingerprint density at radius 1 is 1.38 bits per heavy atom. The van der Waals surface area contributed by atoms with Gasteiger partial charge in [-0.1, -0.05) is 32.4 Å². The lowest BCUT2D eigenvalue weighted by molar-refractivity contribution is 0.0826. The second-order valence-electron chi connectivity index (χ2n) is 7.46. The zero-order valence-electron chi connectivity index (χ0n) is 13.2. The standard InChI is InChI=1S/C17H23ClN2O/c1-10-7-11(8-14(18)19-10)15(21)20-13-9-12-5-6-17(13,4)16(12,2)3/h7-8,12-13H,5-6,9H2,1-4H3,(H,20,21). The van der Waals surface area contributed by atoms with Crippen LogP contribution in [0.3, 0.4) is 0 Å². The third-order valence-corrected chi connectivity index (χ3v) is 6.48. The fourth-order valence-electron chi connectivity index (χ4n) is 4.42. The molecule has 3 unspecified atom stereocenters. The highest BCUT2D eigenvalue weighted by molar-refractivity contribution is 6.29. The molecule has 1 aromatic rings. The van der Waals surface area contributed by atoms with Crippen molar-refractivity contribution in [3.05, 3.63) is 28.5 Å². The molecule has 1 N–H and O–H groups in total. The van der Waals surface area contributed by atoms with E-state index in [1.807, 2.05) is 6.92 Å². The quantitative estimate of drug-likeness (QED) is 0.840. The Bertz CT molecular complexity index is 578. The minimum absolute atomic E-state index is 0.0306. The van der Waals surface area contributed by atoms with Crippen LogP contribution in [0.2, 0.25) is 5.15 Å². The third kappa shape index (κ3) is 2.17. The maximum atomic E-state index is 12.5. The lowest BCUT2D eigenvalue weighted by Crippen LogP contribution is -2.46. The second-order valence-corrected chi connectivity index (χ2v) is 7.84. The van der Waals surface area contributed by atoms with Gasteiger partial charge in [-0.3, -0.25) is 4.79 Å². The zero-order valence-corrected chi connectivity index (χ0v) is 13.9. The maximum absolute atomic E-state index is 12.5. The highest BCUT2D eigenvalue weighted by atomic mass is 35.5. The summed E-state index contributed by atoms with van der Waals surface area (Å²) in [4.78, 5) is 16.6. The van der Waals surface area contributed by atoms with Crippen LogP contribution in [-0.4, -0.2) is 16.9 Å². The fourth-order valence-corrected chi connectivity index (χ4v) is 4.67. The number of nitrogens with zero attached hydrogens (tertiary/aromatic N) is 1. The molecule has 3 atom stereocenters. The highest BCUT2D eigenvalue weighted by Crippen LogP contribution is 2.65. The number of aromatic nitrogens is 1. The first-order chi connectivity index (χ1) is 9.74. The molecule has 3 nitrogen and oxygen atoms in total. The molecule has 2 fully saturated rings. The van der Waals surface area contributed by atoms with Crippen LogP contribution < -0.4 is 5.32 Å². The largest absolute Gasteiger partial charge is 0.349 e. The van der Waals surface area contributed by atoms with Crippen molar-refractivity contribution in [2.45, 2.75) is 53.0 Å². The number of hydrogen-bond acceptors (Lipinski definition) is 2. The van der Waals surface area contributed by atoms with Crippen molar-refractivity contribution in [2.24, 2.45) is 16.7 Å². The predicted molar refractivity (Wildman–Crippen MR) is 84.5 cm³/mol. The summed E-state index contributed by atoms with van der Waals surface area (Å²) in [5.74, 6) is 0.688. The summed E-state index contributed by atoms with van der Waals surface area (Å²) in [7, 11) is 0. The van der Waals surface area contributed by atoms with E-state index < -0.39 is 0 Å². The van der Waals surface area contributed by atoms with Gasteiger partial charge in [0.1, 0.15) is 5.15 Å². The van der Waals surface area contributed by atoms with Gasteiger partial charge in [0.25, 0.3) is 5.91 Å². The molecule has 3 rings (SSSR count). The summed E-state index contributed by atoms with van der Waals surface area (Å²) in [5, 5.41) is 3.63. The third-order valence-electron chi connectivity index (χ3n) is 6.28. The van der Waals surface area contributed by atoms with Crippen molar-refractivity contribution < 1.29 is 4.79 Å². The van der Waals surface area contributed by atoms with Crippen molar-refractivity contribution in [2.75, 3.05) is 0 Å². The molecule has 0 aromatic carbocycles. The molecule has 2 saturated carbocycles. The van der Waals surface area contributed by atoms with Gasteiger partial charge in [-0.2, -0.15) is 0 Å². The van der Waals surface area contributed by atoms with E-state index in [0.717, 1.165) is 18.0 Å². The van der Waals surface area contributed by atoms with E-state index in [0.29, 0.717) is 16.1 Å². The summed E-state index contributed by atoms with van der Waals surface area (Å²) in [6, 6.07) is 3.69. The maximum Gasteiger partial charge on any atom is 0.251 e. The molecule has 1 amide bonds. The van der Waals surface area contributed by atoms with Crippen LogP contribution in [0.15, 0.2) is 12.1 Å². The molecule has 1 aromatic heterocycles. The van der Waals surface area contributed by atoms with Crippen LogP contribution >= 0.6 is 11.6 Å². The molecule has 4 heteroatoms. The lowest BCUT2D eigenvalue weighted by atomic mass is 9.69. The first kappa shape index (κ1) is 14.8. The van der Waals surface area contributed by atoms with Crippen LogP contribution in [0.5, 0.6) is 0 Å². The molecule has 114 valence electrons. The van der Waals surface area contributed by atoms with Crippen LogP contribution in [0, 0.1) is 23.7 Å². The molecular weight excluding hydrogens is 284 g/mol. The number of hydrogen-bond donors (Lipinski definition) is 1. The van der Waals surface area contributed by atoms with Gasteiger partial charge in [0, 0.05) is 17.3 Å². The van der Waals surface area contributed by atoms with Gasteiger partial charge >= 0.3 is 0 Å². The van der Waals surface area contributed by atoms with Crippen molar-refractivity contribution in [3.8, 4) is 0 Å². The molecule has 2 aliphatic rings. The number of fused-ring (bicyclic) bond motifs is 2. The number of amides is 1. The SMILES string of the molecule is Cc1cc(C(=O)NC2CC3CCC2(C)C3(C)C)cc(Cl)n1. The summed E-state index contributed by atoms with van der Waals surface area (Å²) < 4.78 is 0. The van der Waals surface area contributed by atoms with E-state index in [1.165, 1.54) is 12.8 Å². The Labute approximate surface area is 131 Å². The molecule has 21 heavy (non-hydrogen) atoms. The summed E-state index contributed by atoms with van der Waals surface area (Å²) in [5.41, 5.74) is 1.87. The van der Waals surface area contributed by atoms with Crippen molar-refractivity contribution in [1.29, 1.82) is 0 Å². The van der Waals surface area contributed by atoms with Gasteiger partial charge in [0.2, 0.25) is 0 Å². The zero-order chi connectivity index (χ0) is 15.4. The first-order valence-electron chi connectivity index (χ1n) is 7.69. The van der Waals surface area contributed by atoms with Crippen LogP contribution in [0.4, 0.5) is 0 Å². The summed E-state index contributed by atoms with van der Waals surface area (Å²) in [6.45, 7) is 8.88. The van der Waals surface area contributed by atoms with Crippen LogP contribution in [-0.2, 0) is 0 Å². The van der Waals surface area contributed by atoms with Gasteiger partial charge in [0.15, 0.2) is 0 Å². The van der Waals surface area contributed by atoms with Gasteiger partial charge in [0.05, 0.1) is 0 Å². The molecular formula is C17H23ClN2O. The van der Waals surface area contributed by atoms with Crippen molar-refractivity contribution in [1.82, 2.24) is 10.3 Å². The summed E-state index contributed by atoms with van der Waals surface area (Å²) >= 11 is 5.96. The average Bonchev–Trinajstić information content (AvgIpc) is 2.70. The predicted octanol–water partition coefficient (Wildman–Crippen LogP) is 3.99. The molecule has 0 radical (unpaired) electrons. The minimum Gasteiger partial charge on any atom is -0.349 e. The lowest BCUT2D eigenvalue weighted by Gasteiger charge is -2.39. The second kappa shape index (κ2) is 4.70. The van der Waals surface area contributed by atoms with Crippen molar-refractivity contribution in [3.63, 3.8) is 0 Å². The number of carbonyl (C=O) groups excluding carboxylic acids is 1. The van der Waals surface area contributed by atoms with E-state index in [1.54, 1.807) is 12.1 Å². The molecule has 1 heterocycles. The fraction of sp³-hybridized carbons (Fsp3) is 0.647. The number of aryl methyl sites for hydroxylation is 1. The van der Waals surface area contributed by atoms with Gasteiger partial charge in [-0.25, -0.2) is 4.98 Å². The van der Waals surface area contributed by atoms with E-state index in [4.69, 9.17) is 11.6 Å². The molecule has 0 spiro atoms. The first-order valence-corrected chi connectivity index (χ1v) is 8.07. The number of halogens is 1. The monoisotopic (exact) mass is 306 g/mol. The molecule has 2 aliphatic carbocycles. The molecule has 0 saturated heterocycles. The van der Waals surface area contributed by atoms with E-state index in [2.05, 4.69) is 31.1 Å². The van der Waals surface area contributed by atoms with E-state index in [-0.39, 0.29) is 17.4 Å².